The molecule has 3 fully saturated rings. The van der Waals surface area contributed by atoms with Crippen LogP contribution in [-0.4, -0.2) is 103 Å². The van der Waals surface area contributed by atoms with Crippen molar-refractivity contribution in [3.8, 4) is 0 Å². The van der Waals surface area contributed by atoms with E-state index in [4.69, 9.17) is 10.6 Å². The number of piperidine rings is 1. The van der Waals surface area contributed by atoms with Crippen molar-refractivity contribution in [2.75, 3.05) is 18.8 Å². The fourth-order valence-corrected chi connectivity index (χ4v) is 5.91. The van der Waals surface area contributed by atoms with Crippen LogP contribution in [-0.2, 0) is 42.6 Å². The van der Waals surface area contributed by atoms with Crippen molar-refractivity contribution in [3.05, 3.63) is 23.0 Å². The number of amides is 2. The van der Waals surface area contributed by atoms with Gasteiger partial charge in [0.15, 0.2) is 10.8 Å². The molecule has 0 bridgehead atoms. The van der Waals surface area contributed by atoms with Crippen LogP contribution < -0.4 is 21.7 Å². The third-order valence-electron chi connectivity index (χ3n) is 6.93. The number of anilines is 1. The number of nitrogens with two attached hydrogens (primary N) is 1. The number of aliphatic carboxylic acids is 1. The van der Waals surface area contributed by atoms with Crippen LogP contribution >= 0.6 is 11.3 Å². The molecular formula is C21H28N10O8S2. The maximum absolute atomic E-state index is 13.2. The first-order valence-corrected chi connectivity index (χ1v) is 14.9. The second-order valence-electron chi connectivity index (χ2n) is 9.83. The van der Waals surface area contributed by atoms with Gasteiger partial charge in [0.05, 0.1) is 18.4 Å². The second kappa shape index (κ2) is 11.3. The topological polar surface area (TPSA) is 256 Å². The first kappa shape index (κ1) is 28.8. The number of nitrogen functional groups attached to an aromatic ring is 1. The van der Waals surface area contributed by atoms with Crippen molar-refractivity contribution < 1.29 is 37.3 Å². The Balaban J connectivity index is 1.30. The average molecular weight is 613 g/mol. The highest BCUT2D eigenvalue weighted by atomic mass is 32.2. The summed E-state index contributed by atoms with van der Waals surface area (Å²) in [5, 5.41) is 32.0. The SMILES string of the molecule is Nc1nc(C(=NOC2(C(=O)O)CC2)C(=O)NC2C(=O)N(S(=O)(=O)O)C2Cn2ncc(CNC3CCNCC3)n2)cs1. The molecule has 2 aromatic rings. The van der Waals surface area contributed by atoms with Gasteiger partial charge in [0.25, 0.3) is 11.8 Å². The summed E-state index contributed by atoms with van der Waals surface area (Å²) in [4.78, 5) is 47.7. The van der Waals surface area contributed by atoms with E-state index in [0.717, 1.165) is 42.1 Å². The number of carboxylic acids is 1. The summed E-state index contributed by atoms with van der Waals surface area (Å²) < 4.78 is 33.8. The molecular weight excluding hydrogens is 584 g/mol. The minimum Gasteiger partial charge on any atom is -0.478 e. The number of β-lactam (4-membered cyclic amide) rings is 1. The minimum absolute atomic E-state index is 0.0409. The predicted molar refractivity (Wildman–Crippen MR) is 141 cm³/mol. The van der Waals surface area contributed by atoms with E-state index in [2.05, 4.69) is 36.3 Å². The Labute approximate surface area is 237 Å². The summed E-state index contributed by atoms with van der Waals surface area (Å²) >= 11 is 0.984. The van der Waals surface area contributed by atoms with Crippen molar-refractivity contribution in [2.45, 2.75) is 62.5 Å². The molecule has 2 unspecified atom stereocenters. The van der Waals surface area contributed by atoms with Crippen molar-refractivity contribution in [2.24, 2.45) is 5.16 Å². The summed E-state index contributed by atoms with van der Waals surface area (Å²) in [5.74, 6) is -3.36. The van der Waals surface area contributed by atoms with Crippen molar-refractivity contribution in [3.63, 3.8) is 0 Å². The molecule has 0 aromatic carbocycles. The van der Waals surface area contributed by atoms with Gasteiger partial charge in [0.1, 0.15) is 17.8 Å². The lowest BCUT2D eigenvalue weighted by Gasteiger charge is -2.43. The van der Waals surface area contributed by atoms with E-state index in [-0.39, 0.29) is 34.5 Å². The molecule has 222 valence electrons. The molecule has 2 amide bonds. The molecule has 1 saturated carbocycles. The van der Waals surface area contributed by atoms with Gasteiger partial charge in [-0.25, -0.2) is 14.1 Å². The molecule has 4 heterocycles. The molecule has 5 rings (SSSR count). The summed E-state index contributed by atoms with van der Waals surface area (Å²) in [6.07, 6.45) is 3.77. The lowest BCUT2D eigenvalue weighted by molar-refractivity contribution is -0.153. The number of carbonyl (C=O) groups excluding carboxylic acids is 2. The number of aromatic nitrogens is 4. The van der Waals surface area contributed by atoms with Gasteiger partial charge >= 0.3 is 16.3 Å². The first-order valence-electron chi connectivity index (χ1n) is 12.6. The molecule has 18 nitrogen and oxygen atoms in total. The number of thiazole rings is 1. The van der Waals surface area contributed by atoms with Gasteiger partial charge in [0, 0.05) is 30.8 Å². The molecule has 41 heavy (non-hydrogen) atoms. The third-order valence-corrected chi connectivity index (χ3v) is 8.56. The number of oxime groups is 1. The zero-order valence-corrected chi connectivity index (χ0v) is 23.1. The average Bonchev–Trinajstić information content (AvgIpc) is 3.39. The Morgan fingerprint density at radius 3 is 2.66 bits per heavy atom. The number of nitrogens with zero attached hydrogens (tertiary/aromatic N) is 6. The molecule has 7 N–H and O–H groups in total. The molecule has 20 heteroatoms. The third kappa shape index (κ3) is 6.30. The summed E-state index contributed by atoms with van der Waals surface area (Å²) in [5.41, 5.74) is 4.16. The molecule has 0 spiro atoms. The number of rotatable bonds is 12. The summed E-state index contributed by atoms with van der Waals surface area (Å²) in [6.45, 7) is 1.96. The highest BCUT2D eigenvalue weighted by molar-refractivity contribution is 7.84. The Bertz CT molecular complexity index is 1460. The number of nitrogens with one attached hydrogen (secondary N) is 3. The van der Waals surface area contributed by atoms with E-state index >= 15 is 0 Å². The van der Waals surface area contributed by atoms with Crippen LogP contribution in [0.15, 0.2) is 16.7 Å². The van der Waals surface area contributed by atoms with Gasteiger partial charge in [-0.1, -0.05) is 5.16 Å². The van der Waals surface area contributed by atoms with Crippen molar-refractivity contribution in [1.29, 1.82) is 0 Å². The lowest BCUT2D eigenvalue weighted by atomic mass is 9.98. The van der Waals surface area contributed by atoms with Gasteiger partial charge < -0.3 is 31.6 Å². The molecule has 0 radical (unpaired) electrons. The zero-order valence-electron chi connectivity index (χ0n) is 21.5. The second-order valence-corrected chi connectivity index (χ2v) is 12.0. The molecule has 2 aliphatic heterocycles. The molecule has 3 aliphatic rings. The van der Waals surface area contributed by atoms with Gasteiger partial charge in [-0.2, -0.15) is 23.4 Å². The smallest absolute Gasteiger partial charge is 0.362 e. The van der Waals surface area contributed by atoms with Gasteiger partial charge in [-0.15, -0.1) is 11.3 Å². The van der Waals surface area contributed by atoms with Gasteiger partial charge in [-0.3, -0.25) is 14.1 Å². The van der Waals surface area contributed by atoms with E-state index in [1.54, 1.807) is 0 Å². The molecule has 2 saturated heterocycles. The Morgan fingerprint density at radius 2 is 2.05 bits per heavy atom. The fraction of sp³-hybridized carbons (Fsp3) is 0.571. The number of carboxylic acid groups (broad SMARTS) is 1. The van der Waals surface area contributed by atoms with Crippen LogP contribution in [0.2, 0.25) is 0 Å². The van der Waals surface area contributed by atoms with Crippen LogP contribution in [0.1, 0.15) is 37.1 Å². The van der Waals surface area contributed by atoms with Gasteiger partial charge in [-0.05, 0) is 25.9 Å². The number of hydrogen-bond acceptors (Lipinski definition) is 14. The fourth-order valence-electron chi connectivity index (χ4n) is 4.49. The number of carbonyl (C=O) groups is 3. The minimum atomic E-state index is -4.97. The Kier molecular flexibility index (Phi) is 7.92. The first-order chi connectivity index (χ1) is 19.5. The zero-order chi connectivity index (χ0) is 29.4. The van der Waals surface area contributed by atoms with Crippen molar-refractivity contribution >= 4 is 50.3 Å². The normalized spacial score (nSPS) is 22.7. The summed E-state index contributed by atoms with van der Waals surface area (Å²) in [6, 6.07) is -2.39. The highest BCUT2D eigenvalue weighted by Gasteiger charge is 2.56. The Morgan fingerprint density at radius 1 is 1.32 bits per heavy atom. The van der Waals surface area contributed by atoms with Crippen LogP contribution in [0.4, 0.5) is 5.13 Å². The summed E-state index contributed by atoms with van der Waals surface area (Å²) in [7, 11) is -4.97. The maximum atomic E-state index is 13.2. The number of hydrogen-bond donors (Lipinski definition) is 6. The molecule has 2 atom stereocenters. The highest BCUT2D eigenvalue weighted by Crippen LogP contribution is 2.40. The van der Waals surface area contributed by atoms with Crippen molar-refractivity contribution in [1.82, 2.24) is 40.2 Å². The quantitative estimate of drug-likeness (QED) is 0.0637. The Hall–Kier alpha value is -3.72. The van der Waals surface area contributed by atoms with E-state index in [1.165, 1.54) is 11.6 Å². The van der Waals surface area contributed by atoms with E-state index < -0.39 is 51.5 Å². The van der Waals surface area contributed by atoms with E-state index in [1.807, 2.05) is 0 Å². The largest absolute Gasteiger partial charge is 0.478 e. The predicted octanol–water partition coefficient (Wildman–Crippen LogP) is -2.31. The molecule has 1 aliphatic carbocycles. The van der Waals surface area contributed by atoms with E-state index in [9.17, 15) is 32.5 Å². The lowest BCUT2D eigenvalue weighted by Crippen LogP contribution is -2.73. The van der Waals surface area contributed by atoms with Gasteiger partial charge in [0.2, 0.25) is 5.60 Å². The van der Waals surface area contributed by atoms with Crippen LogP contribution in [0.5, 0.6) is 0 Å². The van der Waals surface area contributed by atoms with Crippen LogP contribution in [0.25, 0.3) is 0 Å². The monoisotopic (exact) mass is 612 g/mol. The van der Waals surface area contributed by atoms with E-state index in [0.29, 0.717) is 18.3 Å². The van der Waals surface area contributed by atoms with Crippen LogP contribution in [0, 0.1) is 0 Å². The van der Waals surface area contributed by atoms with Crippen LogP contribution in [0.3, 0.4) is 0 Å². The molecule has 2 aromatic heterocycles. The maximum Gasteiger partial charge on any atom is 0.362 e. The standard InChI is InChI=1S/C21H28N10O8S2/c22-20-26-13(10-40-20)15(29-39-21(3-4-21)19(34)35)17(32)27-16-14(31(18(16)33)41(36,37)38)9-30-25-8-12(28-30)7-24-11-1-5-23-6-2-11/h8,10-11,14,16,23-24H,1-7,9H2,(H2,22,26)(H,27,32)(H,34,35)(H,36,37,38).